The SMILES string of the molecule is O=C(C1CC1)N([B]SP)S(=O)(=O)C1CCCCCCC1. The molecule has 0 bridgehead atoms. The Morgan fingerprint density at radius 2 is 1.60 bits per heavy atom. The van der Waals surface area contributed by atoms with Crippen molar-refractivity contribution in [2.24, 2.45) is 5.92 Å². The first kappa shape index (κ1) is 16.6. The largest absolute Gasteiger partial charge is 0.352 e. The molecule has 0 aromatic carbocycles. The second-order valence-electron chi connectivity index (χ2n) is 5.66. The van der Waals surface area contributed by atoms with E-state index in [1.165, 1.54) is 24.3 Å². The molecule has 0 aromatic heterocycles. The van der Waals surface area contributed by atoms with E-state index < -0.39 is 10.0 Å². The second kappa shape index (κ2) is 7.50. The maximum absolute atomic E-state index is 12.8. The molecule has 2 saturated carbocycles. The molecule has 4 nitrogen and oxygen atoms in total. The van der Waals surface area contributed by atoms with Crippen LogP contribution in [-0.2, 0) is 14.8 Å². The van der Waals surface area contributed by atoms with Gasteiger partial charge in [-0.1, -0.05) is 40.5 Å². The van der Waals surface area contributed by atoms with Crippen molar-refractivity contribution >= 4 is 42.3 Å². The molecule has 1 unspecified atom stereocenters. The Bertz CT molecular complexity index is 434. The van der Waals surface area contributed by atoms with E-state index in [9.17, 15) is 13.2 Å². The first-order valence-corrected chi connectivity index (χ1v) is 11.2. The standard InChI is InChI=1S/C12H22BNO3PS2/c15-12(10-8-9-10)14(13-19-18)20(16,17)11-6-4-2-1-3-5-7-11/h10-11H,1-9,18H2. The molecule has 2 aliphatic rings. The third-order valence-electron chi connectivity index (χ3n) is 4.05. The van der Waals surface area contributed by atoms with E-state index in [4.69, 9.17) is 0 Å². The van der Waals surface area contributed by atoms with Crippen molar-refractivity contribution in [1.82, 2.24) is 4.22 Å². The third-order valence-corrected chi connectivity index (χ3v) is 7.03. The van der Waals surface area contributed by atoms with Gasteiger partial charge in [-0.25, -0.2) is 8.42 Å². The van der Waals surface area contributed by atoms with Crippen LogP contribution in [0.15, 0.2) is 0 Å². The van der Waals surface area contributed by atoms with E-state index in [0.717, 1.165) is 42.7 Å². The van der Waals surface area contributed by atoms with Crippen molar-refractivity contribution < 1.29 is 13.2 Å². The summed E-state index contributed by atoms with van der Waals surface area (Å²) in [4.78, 5) is 12.2. The molecule has 0 N–H and O–H groups in total. The number of sulfonamides is 1. The summed E-state index contributed by atoms with van der Waals surface area (Å²) in [5, 5.41) is -0.390. The Labute approximate surface area is 129 Å². The first-order valence-electron chi connectivity index (χ1n) is 7.33. The smallest absolute Gasteiger partial charge is 0.278 e. The van der Waals surface area contributed by atoms with Crippen molar-refractivity contribution in [3.63, 3.8) is 0 Å². The van der Waals surface area contributed by atoms with Gasteiger partial charge in [-0.3, -0.25) is 9.01 Å². The summed E-state index contributed by atoms with van der Waals surface area (Å²) in [5.41, 5.74) is 0. The molecule has 0 saturated heterocycles. The van der Waals surface area contributed by atoms with E-state index in [0.29, 0.717) is 12.8 Å². The fraction of sp³-hybridized carbons (Fsp3) is 0.917. The Morgan fingerprint density at radius 3 is 2.10 bits per heavy atom. The van der Waals surface area contributed by atoms with Crippen molar-refractivity contribution in [2.75, 3.05) is 0 Å². The van der Waals surface area contributed by atoms with Crippen molar-refractivity contribution in [3.05, 3.63) is 0 Å². The van der Waals surface area contributed by atoms with Gasteiger partial charge in [-0.05, 0) is 25.7 Å². The van der Waals surface area contributed by atoms with Gasteiger partial charge in [0.05, 0.1) is 5.25 Å². The number of carbonyl (C=O) groups excluding carboxylic acids is 1. The zero-order valence-corrected chi connectivity index (χ0v) is 14.4. The lowest BCUT2D eigenvalue weighted by Gasteiger charge is -2.28. The molecule has 2 aliphatic carbocycles. The Kier molecular flexibility index (Phi) is 6.24. The topological polar surface area (TPSA) is 54.5 Å². The average molecular weight is 334 g/mol. The third kappa shape index (κ3) is 4.14. The Balaban J connectivity index is 2.12. The number of rotatable bonds is 5. The summed E-state index contributed by atoms with van der Waals surface area (Å²) in [6.07, 6.45) is 8.32. The zero-order valence-electron chi connectivity index (χ0n) is 11.7. The molecule has 113 valence electrons. The van der Waals surface area contributed by atoms with E-state index in [2.05, 4.69) is 8.44 Å². The molecule has 0 aliphatic heterocycles. The van der Waals surface area contributed by atoms with Crippen molar-refractivity contribution in [1.29, 1.82) is 0 Å². The summed E-state index contributed by atoms with van der Waals surface area (Å²) in [7, 11) is -1.15. The fourth-order valence-electron chi connectivity index (χ4n) is 2.68. The van der Waals surface area contributed by atoms with Gasteiger partial charge >= 0.3 is 6.69 Å². The Morgan fingerprint density at radius 1 is 1.05 bits per heavy atom. The highest BCUT2D eigenvalue weighted by atomic mass is 32.7. The lowest BCUT2D eigenvalue weighted by atomic mass is 10.0. The highest BCUT2D eigenvalue weighted by Gasteiger charge is 2.41. The molecular weight excluding hydrogens is 312 g/mol. The maximum atomic E-state index is 12.8. The molecule has 8 heteroatoms. The van der Waals surface area contributed by atoms with Gasteiger partial charge in [0.1, 0.15) is 0 Å². The van der Waals surface area contributed by atoms with Gasteiger partial charge < -0.3 is 0 Å². The van der Waals surface area contributed by atoms with Crippen LogP contribution >= 0.6 is 19.7 Å². The van der Waals surface area contributed by atoms with Gasteiger partial charge in [0, 0.05) is 5.92 Å². The minimum atomic E-state index is -3.54. The second-order valence-corrected chi connectivity index (χ2v) is 9.05. The number of hydrogen-bond acceptors (Lipinski definition) is 4. The molecule has 1 amide bonds. The summed E-state index contributed by atoms with van der Waals surface area (Å²) < 4.78 is 26.6. The minimum Gasteiger partial charge on any atom is -0.278 e. The van der Waals surface area contributed by atoms with Gasteiger partial charge in [-0.2, -0.15) is 11.2 Å². The predicted molar refractivity (Wildman–Crippen MR) is 87.7 cm³/mol. The maximum Gasteiger partial charge on any atom is 0.352 e. The molecule has 1 atom stereocenters. The van der Waals surface area contributed by atoms with E-state index in [1.807, 2.05) is 0 Å². The monoisotopic (exact) mass is 334 g/mol. The van der Waals surface area contributed by atoms with Crippen molar-refractivity contribution in [3.8, 4) is 0 Å². The molecule has 1 radical (unpaired) electrons. The van der Waals surface area contributed by atoms with Crippen LogP contribution in [-0.4, -0.2) is 30.5 Å². The summed E-state index contributed by atoms with van der Waals surface area (Å²) in [5.74, 6) is -0.311. The number of carbonyl (C=O) groups is 1. The first-order chi connectivity index (χ1) is 9.57. The van der Waals surface area contributed by atoms with Gasteiger partial charge in [0.25, 0.3) is 0 Å². The zero-order chi connectivity index (χ0) is 14.6. The van der Waals surface area contributed by atoms with Crippen LogP contribution in [0.2, 0.25) is 0 Å². The van der Waals surface area contributed by atoms with Crippen LogP contribution in [0.25, 0.3) is 0 Å². The molecule has 0 heterocycles. The normalized spacial score (nSPS) is 21.9. The predicted octanol–water partition coefficient (Wildman–Crippen LogP) is 2.73. The lowest BCUT2D eigenvalue weighted by molar-refractivity contribution is -0.124. The summed E-state index contributed by atoms with van der Waals surface area (Å²) in [6, 6.07) is 0. The van der Waals surface area contributed by atoms with Crippen LogP contribution in [0, 0.1) is 5.92 Å². The number of amides is 1. The van der Waals surface area contributed by atoms with E-state index >= 15 is 0 Å². The lowest BCUT2D eigenvalue weighted by Crippen LogP contribution is -2.44. The van der Waals surface area contributed by atoms with Crippen LogP contribution in [0.4, 0.5) is 0 Å². The average Bonchev–Trinajstić information content (AvgIpc) is 3.18. The highest BCUT2D eigenvalue weighted by molar-refractivity contribution is 8.58. The van der Waals surface area contributed by atoms with Gasteiger partial charge in [-0.15, -0.1) is 0 Å². The number of nitrogens with zero attached hydrogens (tertiary/aromatic N) is 1. The number of hydrogen-bond donors (Lipinski definition) is 0. The Hall–Kier alpha value is 0.265. The molecule has 0 spiro atoms. The van der Waals surface area contributed by atoms with Crippen LogP contribution in [0.3, 0.4) is 0 Å². The van der Waals surface area contributed by atoms with E-state index in [1.54, 1.807) is 0 Å². The quantitative estimate of drug-likeness (QED) is 0.573. The minimum absolute atomic E-state index is 0.0771. The molecule has 20 heavy (non-hydrogen) atoms. The van der Waals surface area contributed by atoms with E-state index in [-0.39, 0.29) is 17.1 Å². The molecule has 0 aromatic rings. The molecule has 2 fully saturated rings. The van der Waals surface area contributed by atoms with Crippen LogP contribution in [0.5, 0.6) is 0 Å². The fourth-order valence-corrected chi connectivity index (χ4v) is 5.80. The summed E-state index contributed by atoms with van der Waals surface area (Å²) >= 11 is 1.20. The van der Waals surface area contributed by atoms with Crippen LogP contribution in [0.1, 0.15) is 57.8 Å². The van der Waals surface area contributed by atoms with Gasteiger partial charge in [0.15, 0.2) is 0 Å². The van der Waals surface area contributed by atoms with Gasteiger partial charge in [0.2, 0.25) is 15.9 Å². The summed E-state index contributed by atoms with van der Waals surface area (Å²) in [6.45, 7) is 1.44. The van der Waals surface area contributed by atoms with Crippen molar-refractivity contribution in [2.45, 2.75) is 63.0 Å². The molecular formula is C12H22BNO3PS2. The van der Waals surface area contributed by atoms with Crippen LogP contribution < -0.4 is 0 Å². The highest BCUT2D eigenvalue weighted by Crippen LogP contribution is 2.34. The molecule has 2 rings (SSSR count).